The number of pyridine rings is 1. The van der Waals surface area contributed by atoms with Crippen LogP contribution in [-0.2, 0) is 29.1 Å². The van der Waals surface area contributed by atoms with Crippen LogP contribution in [0, 0.1) is 5.82 Å². The lowest BCUT2D eigenvalue weighted by Gasteiger charge is -2.44. The van der Waals surface area contributed by atoms with Crippen molar-refractivity contribution < 1.29 is 14.0 Å². The molecule has 2 aliphatic heterocycles. The number of benzene rings is 2. The number of aromatic nitrogens is 1. The molecule has 5 rings (SSSR count). The Bertz CT molecular complexity index is 1270. The number of para-hydroxylation sites is 1. The van der Waals surface area contributed by atoms with Gasteiger partial charge in [-0.2, -0.15) is 0 Å². The summed E-state index contributed by atoms with van der Waals surface area (Å²) >= 11 is 0. The zero-order valence-electron chi connectivity index (χ0n) is 22.6. The largest absolute Gasteiger partial charge is 0.336 e. The maximum atomic E-state index is 13.8. The van der Waals surface area contributed by atoms with Crippen molar-refractivity contribution in [2.75, 3.05) is 18.0 Å². The van der Waals surface area contributed by atoms with Crippen LogP contribution in [0.15, 0.2) is 73.1 Å². The van der Waals surface area contributed by atoms with E-state index in [1.807, 2.05) is 53.4 Å². The van der Waals surface area contributed by atoms with Crippen LogP contribution in [0.5, 0.6) is 0 Å². The van der Waals surface area contributed by atoms with Crippen molar-refractivity contribution in [2.24, 2.45) is 0 Å². The Morgan fingerprint density at radius 1 is 0.897 bits per heavy atom. The van der Waals surface area contributed by atoms with Crippen LogP contribution < -0.4 is 4.90 Å². The van der Waals surface area contributed by atoms with E-state index in [1.54, 1.807) is 12.1 Å². The van der Waals surface area contributed by atoms with Gasteiger partial charge in [0.1, 0.15) is 5.82 Å². The van der Waals surface area contributed by atoms with E-state index in [0.29, 0.717) is 32.1 Å². The van der Waals surface area contributed by atoms with Gasteiger partial charge in [-0.25, -0.2) is 4.39 Å². The van der Waals surface area contributed by atoms with Crippen molar-refractivity contribution in [3.8, 4) is 0 Å². The molecule has 2 bridgehead atoms. The highest BCUT2D eigenvalue weighted by atomic mass is 19.1. The van der Waals surface area contributed by atoms with Gasteiger partial charge in [0.25, 0.3) is 0 Å². The molecule has 0 saturated carbocycles. The Morgan fingerprint density at radius 3 is 2.41 bits per heavy atom. The molecule has 0 spiro atoms. The Balaban J connectivity index is 1.52. The van der Waals surface area contributed by atoms with Crippen molar-refractivity contribution in [3.63, 3.8) is 0 Å². The van der Waals surface area contributed by atoms with E-state index >= 15 is 0 Å². The van der Waals surface area contributed by atoms with Gasteiger partial charge in [-0.05, 0) is 66.3 Å². The third kappa shape index (κ3) is 6.53. The molecule has 2 amide bonds. The van der Waals surface area contributed by atoms with E-state index in [9.17, 15) is 14.0 Å². The number of hydrogen-bond acceptors (Lipinski definition) is 4. The van der Waals surface area contributed by atoms with Crippen molar-refractivity contribution in [1.82, 2.24) is 14.8 Å². The fourth-order valence-corrected chi connectivity index (χ4v) is 6.04. The Morgan fingerprint density at radius 2 is 1.64 bits per heavy atom. The van der Waals surface area contributed by atoms with Gasteiger partial charge in [-0.15, -0.1) is 0 Å². The molecule has 2 aliphatic rings. The molecule has 0 radical (unpaired) electrons. The number of rotatable bonds is 5. The summed E-state index contributed by atoms with van der Waals surface area (Å²) in [5.74, 6) is -0.204. The molecule has 7 heteroatoms. The predicted octanol–water partition coefficient (Wildman–Crippen LogP) is 5.36. The lowest BCUT2D eigenvalue weighted by atomic mass is 9.92. The summed E-state index contributed by atoms with van der Waals surface area (Å²) in [5.41, 5.74) is 3.86. The number of halogens is 1. The average Bonchev–Trinajstić information content (AvgIpc) is 2.97. The smallest absolute Gasteiger partial charge is 0.227 e. The normalized spacial score (nSPS) is 20.2. The molecule has 204 valence electrons. The molecule has 1 fully saturated rings. The minimum Gasteiger partial charge on any atom is -0.336 e. The number of fused-ring (bicyclic) bond motifs is 3. The number of carbonyl (C=O) groups excluding carboxylic acids is 2. The van der Waals surface area contributed by atoms with E-state index in [1.165, 1.54) is 17.7 Å². The first-order valence-electron chi connectivity index (χ1n) is 14.1. The van der Waals surface area contributed by atoms with Crippen LogP contribution in [-0.4, -0.2) is 51.8 Å². The minimum atomic E-state index is -0.309. The fraction of sp³-hybridized carbons (Fsp3) is 0.406. The summed E-state index contributed by atoms with van der Waals surface area (Å²) in [6.45, 7) is 4.37. The standard InChI is InChI=1S/C32H37FN4O2/c1-2-31(38)36-19-16-28-7-5-8-29(37(28)21-25-14-17-34-18-15-25)23-35(22-26-6-3-4-9-30(26)36)32(39)20-24-10-12-27(33)13-11-24/h3-4,6,9-15,17-18,28-29H,2,5,7-8,16,19-23H2,1H3. The Hall–Kier alpha value is -3.58. The van der Waals surface area contributed by atoms with Crippen LogP contribution in [0.25, 0.3) is 0 Å². The summed E-state index contributed by atoms with van der Waals surface area (Å²) < 4.78 is 13.5. The van der Waals surface area contributed by atoms with Crippen molar-refractivity contribution in [3.05, 3.63) is 95.6 Å². The highest BCUT2D eigenvalue weighted by Gasteiger charge is 2.34. The molecule has 2 unspecified atom stereocenters. The molecule has 39 heavy (non-hydrogen) atoms. The Labute approximate surface area is 230 Å². The molecule has 3 heterocycles. The van der Waals surface area contributed by atoms with Crippen molar-refractivity contribution >= 4 is 17.5 Å². The summed E-state index contributed by atoms with van der Waals surface area (Å²) in [4.78, 5) is 37.7. The van der Waals surface area contributed by atoms with Crippen LogP contribution in [0.2, 0.25) is 0 Å². The number of nitrogens with zero attached hydrogens (tertiary/aromatic N) is 4. The fourth-order valence-electron chi connectivity index (χ4n) is 6.04. The predicted molar refractivity (Wildman–Crippen MR) is 150 cm³/mol. The van der Waals surface area contributed by atoms with Gasteiger partial charge in [-0.1, -0.05) is 43.7 Å². The maximum absolute atomic E-state index is 13.8. The van der Waals surface area contributed by atoms with Gasteiger partial charge in [0, 0.05) is 62.8 Å². The molecule has 3 aromatic rings. The molecule has 2 atom stereocenters. The SMILES string of the molecule is CCC(=O)N1CCC2CCCC(CN(C(=O)Cc3ccc(F)cc3)Cc3ccccc31)N2Cc1ccncc1. The number of piperidine rings is 1. The highest BCUT2D eigenvalue weighted by Crippen LogP contribution is 2.32. The third-order valence-corrected chi connectivity index (χ3v) is 8.11. The summed E-state index contributed by atoms with van der Waals surface area (Å²) in [6, 6.07) is 18.8. The van der Waals surface area contributed by atoms with Crippen molar-refractivity contribution in [2.45, 2.75) is 70.6 Å². The molecular weight excluding hydrogens is 491 g/mol. The lowest BCUT2D eigenvalue weighted by Crippen LogP contribution is -2.52. The van der Waals surface area contributed by atoms with E-state index in [0.717, 1.165) is 49.0 Å². The van der Waals surface area contributed by atoms with E-state index < -0.39 is 0 Å². The highest BCUT2D eigenvalue weighted by molar-refractivity contribution is 5.94. The van der Waals surface area contributed by atoms with Gasteiger partial charge in [-0.3, -0.25) is 19.5 Å². The lowest BCUT2D eigenvalue weighted by molar-refractivity contribution is -0.132. The average molecular weight is 529 g/mol. The molecular formula is C32H37FN4O2. The van der Waals surface area contributed by atoms with Gasteiger partial charge in [0.05, 0.1) is 6.42 Å². The first kappa shape index (κ1) is 27.0. The summed E-state index contributed by atoms with van der Waals surface area (Å²) in [5, 5.41) is 0. The third-order valence-electron chi connectivity index (χ3n) is 8.11. The van der Waals surface area contributed by atoms with Gasteiger partial charge in [0.15, 0.2) is 0 Å². The van der Waals surface area contributed by atoms with E-state index in [2.05, 4.69) is 22.0 Å². The first-order valence-corrected chi connectivity index (χ1v) is 14.1. The number of amides is 2. The second-order valence-electron chi connectivity index (χ2n) is 10.7. The van der Waals surface area contributed by atoms with Gasteiger partial charge >= 0.3 is 0 Å². The van der Waals surface area contributed by atoms with Crippen LogP contribution in [0.4, 0.5) is 10.1 Å². The van der Waals surface area contributed by atoms with E-state index in [4.69, 9.17) is 0 Å². The maximum Gasteiger partial charge on any atom is 0.227 e. The zero-order valence-corrected chi connectivity index (χ0v) is 22.6. The monoisotopic (exact) mass is 528 g/mol. The quantitative estimate of drug-likeness (QED) is 0.447. The van der Waals surface area contributed by atoms with E-state index in [-0.39, 0.29) is 30.1 Å². The van der Waals surface area contributed by atoms with Gasteiger partial charge < -0.3 is 9.80 Å². The van der Waals surface area contributed by atoms with Crippen LogP contribution in [0.3, 0.4) is 0 Å². The minimum absolute atomic E-state index is 0.00927. The molecule has 2 aromatic carbocycles. The van der Waals surface area contributed by atoms with Crippen molar-refractivity contribution in [1.29, 1.82) is 0 Å². The van der Waals surface area contributed by atoms with Crippen LogP contribution in [0.1, 0.15) is 55.7 Å². The summed E-state index contributed by atoms with van der Waals surface area (Å²) in [7, 11) is 0. The molecule has 0 aliphatic carbocycles. The Kier molecular flexibility index (Phi) is 8.67. The second kappa shape index (κ2) is 12.5. The van der Waals surface area contributed by atoms with Gasteiger partial charge in [0.2, 0.25) is 11.8 Å². The molecule has 1 saturated heterocycles. The topological polar surface area (TPSA) is 56.8 Å². The second-order valence-corrected chi connectivity index (χ2v) is 10.7. The zero-order chi connectivity index (χ0) is 27.2. The number of carbonyl (C=O) groups is 2. The van der Waals surface area contributed by atoms with Crippen LogP contribution >= 0.6 is 0 Å². The number of hydrogen-bond donors (Lipinski definition) is 0. The first-order chi connectivity index (χ1) is 19.0. The molecule has 1 aromatic heterocycles. The number of anilines is 1. The molecule has 0 N–H and O–H groups in total. The summed E-state index contributed by atoms with van der Waals surface area (Å²) in [6.07, 6.45) is 8.35. The molecule has 6 nitrogen and oxygen atoms in total.